The Morgan fingerprint density at radius 3 is 0.948 bits per heavy atom. The summed E-state index contributed by atoms with van der Waals surface area (Å²) >= 11 is 0. The van der Waals surface area contributed by atoms with E-state index in [-0.39, 0.29) is 56.4 Å². The van der Waals surface area contributed by atoms with E-state index in [2.05, 4.69) is 197 Å². The summed E-state index contributed by atoms with van der Waals surface area (Å²) in [4.78, 5) is 81.7. The highest BCUT2D eigenvalue weighted by molar-refractivity contribution is 7.92. The topological polar surface area (TPSA) is 186 Å². The van der Waals surface area contributed by atoms with Gasteiger partial charge in [0.15, 0.2) is 21.4 Å². The first-order valence-electron chi connectivity index (χ1n) is 56.3. The molecule has 1 rings (SSSR count). The van der Waals surface area contributed by atoms with Crippen LogP contribution in [0.1, 0.15) is 580 Å². The standard InChI is InChI=1S/C16H31NO.2C14H29NO.C13H27N.C13H26O2.C13H28O.C12H24O2.C12H24O.C11H24O2S/c1-5-7-11-16(3,12-8-6-2)15(18)14-10-9-13-17(14)4;1-6-8-10-14(3,11-9-7-2)13(16)12-15(4)5;1-6-8-10-14(3,11-9-7-2)12-13(16)15(4)5;1-6-8-10-13(4,11-9-7-2)12(3)14-5;1-5-7-9-13(3,10-8-6-2)11-12(14)15-4;1-5-7-8-10-13(3,9-6-2)11-12-14-4;1-5-7-9-12(3,10-8-6-2)11(13)14-4;1-5-7-9-12(4,11(3)13)10-8-6-2;1-5-7-9-11(3,10-8-6-2)14(4,12)13/h14H,5-13H2,1-4H3;2*6-12H2,1-5H3;6-11H2,1-5H3;5-11H2,1-4H3;5-12H2,1-4H3;5-10H2,1-4H3;5-10H2,1-4H3;5-10H2,1-4H3. The second kappa shape index (κ2) is 88.8. The fraction of sp³-hybridized carbons (Fsp3) is 0.941. The number of rotatable bonds is 70. The number of aliphatic imine (C=N–C) groups is 1. The first-order valence-corrected chi connectivity index (χ1v) is 58.2. The van der Waals surface area contributed by atoms with E-state index in [1.54, 1.807) is 18.9 Å². The van der Waals surface area contributed by atoms with Gasteiger partial charge in [0, 0.05) is 74.9 Å². The van der Waals surface area contributed by atoms with Crippen LogP contribution in [-0.4, -0.2) is 164 Å². The summed E-state index contributed by atoms with van der Waals surface area (Å²) in [6, 6.07) is 0.198. The third kappa shape index (κ3) is 73.9. The average Bonchev–Trinajstić information content (AvgIpc) is 1.35. The molecular formula is C118H242N4O11S. The van der Waals surface area contributed by atoms with Gasteiger partial charge in [0.25, 0.3) is 0 Å². The van der Waals surface area contributed by atoms with E-state index in [1.807, 2.05) is 54.0 Å². The van der Waals surface area contributed by atoms with Crippen LogP contribution in [0, 0.1) is 43.3 Å². The van der Waals surface area contributed by atoms with E-state index in [4.69, 9.17) is 14.2 Å². The third-order valence-electron chi connectivity index (χ3n) is 29.7. The van der Waals surface area contributed by atoms with Crippen LogP contribution in [0.5, 0.6) is 0 Å². The van der Waals surface area contributed by atoms with Crippen molar-refractivity contribution in [2.45, 2.75) is 590 Å². The Morgan fingerprint density at radius 2 is 0.672 bits per heavy atom. The fourth-order valence-corrected chi connectivity index (χ4v) is 19.1. The van der Waals surface area contributed by atoms with E-state index in [1.165, 1.54) is 257 Å². The van der Waals surface area contributed by atoms with Crippen LogP contribution in [0.4, 0.5) is 0 Å². The Morgan fingerprint density at radius 1 is 0.366 bits per heavy atom. The van der Waals surface area contributed by atoms with Gasteiger partial charge >= 0.3 is 11.9 Å². The van der Waals surface area contributed by atoms with Crippen LogP contribution in [0.25, 0.3) is 0 Å². The number of likely N-dealkylation sites (tertiary alicyclic amines) is 1. The molecule has 1 heterocycles. The van der Waals surface area contributed by atoms with Crippen LogP contribution >= 0.6 is 0 Å². The van der Waals surface area contributed by atoms with Crippen molar-refractivity contribution in [3.63, 3.8) is 0 Å². The number of methoxy groups -OCH3 is 3. The number of ether oxygens (including phenoxy) is 3. The Kier molecular flexibility index (Phi) is 96.9. The number of hydrogen-bond acceptors (Lipinski definition) is 14. The first kappa shape index (κ1) is 146. The first-order chi connectivity index (χ1) is 62.9. The van der Waals surface area contributed by atoms with Gasteiger partial charge in [-0.2, -0.15) is 0 Å². The van der Waals surface area contributed by atoms with Crippen LogP contribution in [0.3, 0.4) is 0 Å². The lowest BCUT2D eigenvalue weighted by molar-refractivity contribution is -0.153. The number of ketones is 3. The van der Waals surface area contributed by atoms with E-state index in [0.29, 0.717) is 47.6 Å². The lowest BCUT2D eigenvalue weighted by Gasteiger charge is -2.33. The number of unbranched alkanes of at least 4 members (excludes halogenated alkanes) is 18. The minimum Gasteiger partial charge on any atom is -0.469 e. The Labute approximate surface area is 840 Å². The van der Waals surface area contributed by atoms with E-state index in [0.717, 1.165) is 148 Å². The molecule has 15 nitrogen and oxygen atoms in total. The number of carbonyl (C=O) groups is 6. The highest BCUT2D eigenvalue weighted by Crippen LogP contribution is 2.41. The molecule has 134 heavy (non-hydrogen) atoms. The SMILES string of the molecule is CCCCC(C)(CCCC)C(=O)C1CCCN1C.CCCCC(C)(CCCC)C(=O)CN(C)C.CCCCC(C)(CCCC)C(=O)OC.CCCCC(C)(CCCC)C(C)=NC.CCCCC(C)(CCCC)C(C)=O.CCCCC(C)(CCCC)CC(=O)N(C)C.CCCCC(C)(CCCC)CC(=O)OC.CCCCC(C)(CCCC)S(C)(=O)=O.CCCCCC(C)(CCC)CCOC. The molecule has 1 aliphatic heterocycles. The number of esters is 2. The maximum absolute atomic E-state index is 12.8. The van der Waals surface area contributed by atoms with Crippen molar-refractivity contribution in [1.82, 2.24) is 14.7 Å². The van der Waals surface area contributed by atoms with Crippen molar-refractivity contribution < 1.29 is 51.4 Å². The highest BCUT2D eigenvalue weighted by Gasteiger charge is 2.41. The summed E-state index contributed by atoms with van der Waals surface area (Å²) in [7, 11) is 13.5. The number of sulfone groups is 1. The second-order valence-corrected chi connectivity index (χ2v) is 46.8. The average molecular weight is 1930 g/mol. The predicted molar refractivity (Wildman–Crippen MR) is 592 cm³/mol. The third-order valence-corrected chi connectivity index (χ3v) is 31.9. The molecule has 1 amide bonds. The van der Waals surface area contributed by atoms with Gasteiger partial charge in [0.05, 0.1) is 43.4 Å². The molecule has 0 bridgehead atoms. The summed E-state index contributed by atoms with van der Waals surface area (Å²) in [5.74, 6) is 1.47. The smallest absolute Gasteiger partial charge is 0.311 e. The van der Waals surface area contributed by atoms with Crippen molar-refractivity contribution in [3.05, 3.63) is 0 Å². The van der Waals surface area contributed by atoms with Crippen molar-refractivity contribution in [2.24, 2.45) is 48.3 Å². The van der Waals surface area contributed by atoms with E-state index < -0.39 is 14.6 Å². The zero-order valence-electron chi connectivity index (χ0n) is 98.1. The zero-order valence-corrected chi connectivity index (χ0v) is 98.9. The van der Waals surface area contributed by atoms with Crippen molar-refractivity contribution >= 4 is 50.7 Å². The summed E-state index contributed by atoms with van der Waals surface area (Å²) in [6.45, 7) is 65.8. The van der Waals surface area contributed by atoms with Crippen molar-refractivity contribution in [3.8, 4) is 0 Å². The summed E-state index contributed by atoms with van der Waals surface area (Å²) in [5, 5.41) is 0. The molecule has 0 aromatic carbocycles. The molecule has 0 aliphatic carbocycles. The molecule has 0 aromatic rings. The van der Waals surface area contributed by atoms with Crippen molar-refractivity contribution in [1.29, 1.82) is 0 Å². The van der Waals surface area contributed by atoms with Crippen LogP contribution in [-0.2, 0) is 52.8 Å². The summed E-state index contributed by atoms with van der Waals surface area (Å²) < 4.78 is 37.7. The maximum Gasteiger partial charge on any atom is 0.311 e. The van der Waals surface area contributed by atoms with E-state index in [9.17, 15) is 37.2 Å². The minimum atomic E-state index is -2.91. The Hall–Kier alpha value is -3.08. The Bertz CT molecular complexity index is 2830. The monoisotopic (exact) mass is 1920 g/mol. The molecule has 1 fully saturated rings. The molecule has 1 aliphatic rings. The largest absolute Gasteiger partial charge is 0.469 e. The number of Topliss-reactive ketones (excluding diaryl/α,β-unsaturated/α-hetero) is 3. The number of likely N-dealkylation sites (N-methyl/N-ethyl adjacent to an activating group) is 2. The van der Waals surface area contributed by atoms with E-state index >= 15 is 0 Å². The van der Waals surface area contributed by atoms with Crippen LogP contribution < -0.4 is 0 Å². The lowest BCUT2D eigenvalue weighted by Crippen LogP contribution is -2.42. The number of nitrogens with zero attached hydrogens (tertiary/aromatic N) is 4. The van der Waals surface area contributed by atoms with Crippen LogP contribution in [0.15, 0.2) is 4.99 Å². The molecule has 0 aromatic heterocycles. The maximum atomic E-state index is 12.8. The highest BCUT2D eigenvalue weighted by atomic mass is 32.2. The predicted octanol–water partition coefficient (Wildman–Crippen LogP) is 34.9. The second-order valence-electron chi connectivity index (χ2n) is 44.3. The number of carbonyl (C=O) groups excluding carboxylic acids is 6. The molecule has 2 atom stereocenters. The van der Waals surface area contributed by atoms with Gasteiger partial charge in [-0.15, -0.1) is 0 Å². The van der Waals surface area contributed by atoms with Gasteiger partial charge in [-0.1, -0.05) is 404 Å². The number of amides is 1. The summed E-state index contributed by atoms with van der Waals surface area (Å²) in [6.07, 6.45) is 69.2. The van der Waals surface area contributed by atoms with Gasteiger partial charge < -0.3 is 24.0 Å². The molecule has 0 saturated carbocycles. The normalized spacial score (nSPS) is 13.7. The van der Waals surface area contributed by atoms with Gasteiger partial charge in [-0.3, -0.25) is 38.7 Å². The van der Waals surface area contributed by atoms with Crippen LogP contribution in [0.2, 0.25) is 0 Å². The van der Waals surface area contributed by atoms with Gasteiger partial charge in [-0.05, 0) is 206 Å². The summed E-state index contributed by atoms with van der Waals surface area (Å²) in [5.41, 5.74) is 2.14. The Balaban J connectivity index is -0.000000223. The van der Waals surface area contributed by atoms with Gasteiger partial charge in [-0.25, -0.2) is 8.42 Å². The number of hydrogen-bond donors (Lipinski definition) is 0. The molecule has 806 valence electrons. The molecule has 0 spiro atoms. The molecule has 0 N–H and O–H groups in total. The van der Waals surface area contributed by atoms with Crippen molar-refractivity contribution in [2.75, 3.05) is 89.6 Å². The molecule has 0 radical (unpaired) electrons. The molecule has 2 unspecified atom stereocenters. The molecule has 1 saturated heterocycles. The fourth-order valence-electron chi connectivity index (χ4n) is 18.1. The lowest BCUT2D eigenvalue weighted by atomic mass is 9.74. The quantitative estimate of drug-likeness (QED) is 0.0318. The zero-order chi connectivity index (χ0) is 105. The minimum absolute atomic E-state index is 0.0357. The molecule has 16 heteroatoms. The van der Waals surface area contributed by atoms with Gasteiger partial charge in [0.2, 0.25) is 5.91 Å². The van der Waals surface area contributed by atoms with Gasteiger partial charge in [0.1, 0.15) is 5.78 Å². The molecular weight excluding hydrogens is 1680 g/mol.